The van der Waals surface area contributed by atoms with Crippen LogP contribution in [0.5, 0.6) is 0 Å². The van der Waals surface area contributed by atoms with E-state index >= 15 is 0 Å². The Morgan fingerprint density at radius 3 is 2.96 bits per heavy atom. The van der Waals surface area contributed by atoms with Gasteiger partial charge < -0.3 is 4.52 Å². The third kappa shape index (κ3) is 2.45. The molecule has 4 aromatic rings. The molecule has 0 unspecified atom stereocenters. The van der Waals surface area contributed by atoms with Gasteiger partial charge in [-0.2, -0.15) is 4.98 Å². The number of benzene rings is 1. The maximum absolute atomic E-state index is 12.5. The first-order valence-electron chi connectivity index (χ1n) is 7.40. The fourth-order valence-electron chi connectivity index (χ4n) is 2.51. The van der Waals surface area contributed by atoms with E-state index in [2.05, 4.69) is 20.1 Å². The molecule has 7 nitrogen and oxygen atoms in total. The zero-order chi connectivity index (χ0) is 16.5. The normalized spacial score (nSPS) is 11.0. The zero-order valence-corrected chi connectivity index (χ0v) is 12.9. The summed E-state index contributed by atoms with van der Waals surface area (Å²) in [4.78, 5) is 25.0. The Kier molecular flexibility index (Phi) is 3.38. The molecule has 0 aliphatic rings. The lowest BCUT2D eigenvalue weighted by atomic mass is 10.1. The smallest absolute Gasteiger partial charge is 0.261 e. The van der Waals surface area contributed by atoms with Crippen molar-refractivity contribution in [1.29, 1.82) is 0 Å². The fourth-order valence-corrected chi connectivity index (χ4v) is 2.51. The summed E-state index contributed by atoms with van der Waals surface area (Å²) in [7, 11) is 0. The number of hydrogen-bond acceptors (Lipinski definition) is 6. The van der Waals surface area contributed by atoms with Gasteiger partial charge in [-0.25, -0.2) is 4.98 Å². The van der Waals surface area contributed by atoms with Crippen molar-refractivity contribution in [2.45, 2.75) is 13.5 Å². The molecule has 0 saturated heterocycles. The average Bonchev–Trinajstić information content (AvgIpc) is 3.06. The Morgan fingerprint density at radius 1 is 1.21 bits per heavy atom. The van der Waals surface area contributed by atoms with Gasteiger partial charge in [0.2, 0.25) is 0 Å². The Morgan fingerprint density at radius 2 is 2.08 bits per heavy atom. The molecule has 0 radical (unpaired) electrons. The summed E-state index contributed by atoms with van der Waals surface area (Å²) in [5.41, 5.74) is 2.33. The minimum Gasteiger partial charge on any atom is -0.334 e. The number of aromatic nitrogens is 5. The van der Waals surface area contributed by atoms with Gasteiger partial charge in [0.1, 0.15) is 0 Å². The molecule has 0 aliphatic carbocycles. The van der Waals surface area contributed by atoms with Crippen molar-refractivity contribution in [1.82, 2.24) is 24.7 Å². The molecule has 0 fully saturated rings. The number of fused-ring (bicyclic) bond motifs is 1. The minimum atomic E-state index is -0.162. The Hall–Kier alpha value is -3.35. The van der Waals surface area contributed by atoms with Gasteiger partial charge in [0.05, 0.1) is 30.0 Å². The molecule has 7 heteroatoms. The molecular weight excluding hydrogens is 306 g/mol. The van der Waals surface area contributed by atoms with Gasteiger partial charge in [-0.15, -0.1) is 0 Å². The van der Waals surface area contributed by atoms with E-state index in [1.54, 1.807) is 18.5 Å². The Labute approximate surface area is 136 Å². The van der Waals surface area contributed by atoms with Gasteiger partial charge >= 0.3 is 0 Å². The highest BCUT2D eigenvalue weighted by Crippen LogP contribution is 2.21. The van der Waals surface area contributed by atoms with Crippen molar-refractivity contribution in [2.75, 3.05) is 0 Å². The van der Waals surface area contributed by atoms with Crippen LogP contribution in [-0.4, -0.2) is 24.7 Å². The summed E-state index contributed by atoms with van der Waals surface area (Å²) in [5, 5.41) is 4.47. The minimum absolute atomic E-state index is 0.162. The molecule has 0 saturated carbocycles. The molecule has 0 aliphatic heterocycles. The maximum atomic E-state index is 12.5. The summed E-state index contributed by atoms with van der Waals surface area (Å²) in [5.74, 6) is 0.861. The molecule has 0 N–H and O–H groups in total. The fraction of sp³-hybridized carbons (Fsp3) is 0.118. The topological polar surface area (TPSA) is 86.7 Å². The Bertz CT molecular complexity index is 1080. The van der Waals surface area contributed by atoms with Crippen molar-refractivity contribution >= 4 is 10.9 Å². The molecule has 0 amide bonds. The summed E-state index contributed by atoms with van der Waals surface area (Å²) in [6.07, 6.45) is 4.60. The zero-order valence-electron chi connectivity index (χ0n) is 12.9. The maximum Gasteiger partial charge on any atom is 0.261 e. The van der Waals surface area contributed by atoms with Crippen molar-refractivity contribution < 1.29 is 4.52 Å². The monoisotopic (exact) mass is 319 g/mol. The van der Waals surface area contributed by atoms with E-state index in [4.69, 9.17) is 4.52 Å². The molecular formula is C17H13N5O2. The lowest BCUT2D eigenvalue weighted by Crippen LogP contribution is -2.21. The predicted octanol–water partition coefficient (Wildman–Crippen LogP) is 2.20. The van der Waals surface area contributed by atoms with Crippen LogP contribution in [0, 0.1) is 6.92 Å². The molecule has 4 rings (SSSR count). The second-order valence-electron chi connectivity index (χ2n) is 5.40. The number of nitrogens with zero attached hydrogens (tertiary/aromatic N) is 5. The highest BCUT2D eigenvalue weighted by Gasteiger charge is 2.12. The van der Waals surface area contributed by atoms with Crippen LogP contribution < -0.4 is 5.56 Å². The van der Waals surface area contributed by atoms with Crippen LogP contribution in [0.2, 0.25) is 0 Å². The second kappa shape index (κ2) is 5.69. The summed E-state index contributed by atoms with van der Waals surface area (Å²) < 4.78 is 6.78. The number of pyridine rings is 1. The van der Waals surface area contributed by atoms with Crippen LogP contribution >= 0.6 is 0 Å². The number of hydrogen-bond donors (Lipinski definition) is 0. The van der Waals surface area contributed by atoms with E-state index in [1.807, 2.05) is 31.2 Å². The van der Waals surface area contributed by atoms with E-state index in [-0.39, 0.29) is 12.1 Å². The second-order valence-corrected chi connectivity index (χ2v) is 5.40. The lowest BCUT2D eigenvalue weighted by molar-refractivity contribution is 0.420. The first kappa shape index (κ1) is 14.3. The third-order valence-electron chi connectivity index (χ3n) is 3.78. The number of rotatable bonds is 3. The molecule has 0 atom stereocenters. The van der Waals surface area contributed by atoms with E-state index in [9.17, 15) is 4.79 Å². The van der Waals surface area contributed by atoms with Crippen molar-refractivity contribution in [3.05, 3.63) is 70.8 Å². The first-order valence-corrected chi connectivity index (χ1v) is 7.40. The summed E-state index contributed by atoms with van der Waals surface area (Å²) >= 11 is 0. The van der Waals surface area contributed by atoms with Crippen LogP contribution in [0.15, 0.2) is 58.4 Å². The summed E-state index contributed by atoms with van der Waals surface area (Å²) in [6.45, 7) is 2.17. The third-order valence-corrected chi connectivity index (χ3v) is 3.78. The molecule has 118 valence electrons. The number of aryl methyl sites for hydroxylation is 1. The quantitative estimate of drug-likeness (QED) is 0.575. The van der Waals surface area contributed by atoms with Gasteiger partial charge in [0.25, 0.3) is 11.4 Å². The molecule has 24 heavy (non-hydrogen) atoms. The SMILES string of the molecule is Cc1ccccc1-c1nc(Cn2cnc3cnccc3c2=O)no1. The van der Waals surface area contributed by atoms with E-state index in [0.717, 1.165) is 11.1 Å². The standard InChI is InChI=1S/C17H13N5O2/c1-11-4-2-3-5-12(11)16-20-15(21-24-16)9-22-10-19-14-8-18-7-6-13(14)17(22)23/h2-8,10H,9H2,1H3. The Balaban J connectivity index is 1.69. The van der Waals surface area contributed by atoms with Crippen molar-refractivity contribution in [3.63, 3.8) is 0 Å². The highest BCUT2D eigenvalue weighted by atomic mass is 16.5. The van der Waals surface area contributed by atoms with Crippen LogP contribution in [0.3, 0.4) is 0 Å². The summed E-state index contributed by atoms with van der Waals surface area (Å²) in [6, 6.07) is 9.41. The van der Waals surface area contributed by atoms with Gasteiger partial charge in [0.15, 0.2) is 5.82 Å². The van der Waals surface area contributed by atoms with Crippen LogP contribution in [0.4, 0.5) is 0 Å². The van der Waals surface area contributed by atoms with Gasteiger partial charge in [-0.3, -0.25) is 14.3 Å². The molecule has 0 bridgehead atoms. The van der Waals surface area contributed by atoms with E-state index < -0.39 is 0 Å². The van der Waals surface area contributed by atoms with Gasteiger partial charge in [-0.1, -0.05) is 23.4 Å². The molecule has 0 spiro atoms. The van der Waals surface area contributed by atoms with Crippen molar-refractivity contribution in [3.8, 4) is 11.5 Å². The van der Waals surface area contributed by atoms with Crippen LogP contribution in [0.25, 0.3) is 22.4 Å². The largest absolute Gasteiger partial charge is 0.334 e. The highest BCUT2D eigenvalue weighted by molar-refractivity contribution is 5.75. The molecule has 3 heterocycles. The van der Waals surface area contributed by atoms with Gasteiger partial charge in [0, 0.05) is 11.8 Å². The van der Waals surface area contributed by atoms with E-state index in [0.29, 0.717) is 22.6 Å². The molecule has 1 aromatic carbocycles. The van der Waals surface area contributed by atoms with Gasteiger partial charge in [-0.05, 0) is 24.6 Å². The van der Waals surface area contributed by atoms with E-state index in [1.165, 1.54) is 10.9 Å². The first-order chi connectivity index (χ1) is 11.7. The van der Waals surface area contributed by atoms with Crippen LogP contribution in [0.1, 0.15) is 11.4 Å². The predicted molar refractivity (Wildman–Crippen MR) is 87.4 cm³/mol. The average molecular weight is 319 g/mol. The van der Waals surface area contributed by atoms with Crippen LogP contribution in [-0.2, 0) is 6.54 Å². The van der Waals surface area contributed by atoms with Crippen molar-refractivity contribution in [2.24, 2.45) is 0 Å². The lowest BCUT2D eigenvalue weighted by Gasteiger charge is -2.03. The molecule has 3 aromatic heterocycles.